The summed E-state index contributed by atoms with van der Waals surface area (Å²) >= 11 is 0. The predicted molar refractivity (Wildman–Crippen MR) is 73.8 cm³/mol. The summed E-state index contributed by atoms with van der Waals surface area (Å²) in [6.45, 7) is 3.15. The summed E-state index contributed by atoms with van der Waals surface area (Å²) in [5.41, 5.74) is 0.901. The number of aromatic nitrogens is 2. The van der Waals surface area contributed by atoms with Gasteiger partial charge in [0.15, 0.2) is 0 Å². The quantitative estimate of drug-likeness (QED) is 0.823. The van der Waals surface area contributed by atoms with Crippen LogP contribution in [0.5, 0.6) is 0 Å². The number of nitrogens with zero attached hydrogens (tertiary/aromatic N) is 3. The van der Waals surface area contributed by atoms with Crippen molar-refractivity contribution in [3.8, 4) is 6.07 Å². The molecule has 19 heavy (non-hydrogen) atoms. The van der Waals surface area contributed by atoms with Gasteiger partial charge in [-0.25, -0.2) is 4.79 Å². The van der Waals surface area contributed by atoms with E-state index in [4.69, 9.17) is 0 Å². The summed E-state index contributed by atoms with van der Waals surface area (Å²) in [6.07, 6.45) is 4.46. The van der Waals surface area contributed by atoms with Gasteiger partial charge in [0.25, 0.3) is 0 Å². The molecule has 1 atom stereocenters. The number of rotatable bonds is 5. The summed E-state index contributed by atoms with van der Waals surface area (Å²) < 4.78 is 3.29. The van der Waals surface area contributed by atoms with E-state index >= 15 is 0 Å². The normalized spacial score (nSPS) is 12.0. The van der Waals surface area contributed by atoms with Crippen LogP contribution in [0, 0.1) is 11.3 Å². The van der Waals surface area contributed by atoms with Crippen molar-refractivity contribution in [1.29, 1.82) is 5.26 Å². The highest BCUT2D eigenvalue weighted by molar-refractivity contribution is 5.24. The molecule has 2 aromatic rings. The fraction of sp³-hybridized carbons (Fsp3) is 0.333. The fourth-order valence-electron chi connectivity index (χ4n) is 2.11. The van der Waals surface area contributed by atoms with Crippen LogP contribution in [0.1, 0.15) is 24.8 Å². The molecular weight excluding hydrogens is 238 g/mol. The third-order valence-electron chi connectivity index (χ3n) is 3.12. The van der Waals surface area contributed by atoms with E-state index in [1.165, 1.54) is 0 Å². The Hall–Kier alpha value is -2.28. The smallest absolute Gasteiger partial charge is 0.299 e. The van der Waals surface area contributed by atoms with Crippen LogP contribution in [-0.4, -0.2) is 9.13 Å². The Bertz CT molecular complexity index is 619. The number of imidazole rings is 1. The summed E-state index contributed by atoms with van der Waals surface area (Å²) in [6, 6.07) is 11.8. The summed E-state index contributed by atoms with van der Waals surface area (Å²) in [7, 11) is 0. The molecule has 0 aliphatic rings. The van der Waals surface area contributed by atoms with Crippen LogP contribution in [0.25, 0.3) is 0 Å². The van der Waals surface area contributed by atoms with Crippen molar-refractivity contribution in [1.82, 2.24) is 9.13 Å². The predicted octanol–water partition coefficient (Wildman–Crippen LogP) is 2.37. The standard InChI is InChI=1S/C15H17N3O/c1-2-8-17-9-10-18(15(17)19)12-14(11-16)13-6-4-3-5-7-13/h3-7,9-10,14H,2,8,12H2,1H3. The van der Waals surface area contributed by atoms with Gasteiger partial charge in [0.2, 0.25) is 0 Å². The van der Waals surface area contributed by atoms with Gasteiger partial charge in [-0.2, -0.15) is 5.26 Å². The average Bonchev–Trinajstić information content (AvgIpc) is 2.79. The van der Waals surface area contributed by atoms with Gasteiger partial charge >= 0.3 is 5.69 Å². The molecule has 0 fully saturated rings. The molecule has 0 saturated heterocycles. The van der Waals surface area contributed by atoms with Crippen molar-refractivity contribution < 1.29 is 0 Å². The van der Waals surface area contributed by atoms with Crippen LogP contribution in [0.4, 0.5) is 0 Å². The van der Waals surface area contributed by atoms with Crippen molar-refractivity contribution >= 4 is 0 Å². The molecule has 98 valence electrons. The highest BCUT2D eigenvalue weighted by Crippen LogP contribution is 2.15. The highest BCUT2D eigenvalue weighted by atomic mass is 16.1. The van der Waals surface area contributed by atoms with Gasteiger partial charge in [-0.05, 0) is 12.0 Å². The Morgan fingerprint density at radius 1 is 1.21 bits per heavy atom. The Morgan fingerprint density at radius 2 is 1.89 bits per heavy atom. The maximum Gasteiger partial charge on any atom is 0.328 e. The van der Waals surface area contributed by atoms with Gasteiger partial charge in [0.05, 0.1) is 12.0 Å². The number of nitriles is 1. The first-order chi connectivity index (χ1) is 9.26. The molecule has 0 spiro atoms. The monoisotopic (exact) mass is 255 g/mol. The first-order valence-electron chi connectivity index (χ1n) is 6.46. The molecule has 0 aliphatic carbocycles. The second-order valence-corrected chi connectivity index (χ2v) is 4.52. The van der Waals surface area contributed by atoms with Gasteiger partial charge in [0.1, 0.15) is 0 Å². The van der Waals surface area contributed by atoms with Crippen molar-refractivity contribution in [3.05, 3.63) is 58.8 Å². The lowest BCUT2D eigenvalue weighted by atomic mass is 10.0. The second kappa shape index (κ2) is 6.05. The van der Waals surface area contributed by atoms with Gasteiger partial charge in [0, 0.05) is 25.5 Å². The Morgan fingerprint density at radius 3 is 2.53 bits per heavy atom. The number of hydrogen-bond acceptors (Lipinski definition) is 2. The van der Waals surface area contributed by atoms with E-state index < -0.39 is 0 Å². The Kier molecular flexibility index (Phi) is 4.19. The van der Waals surface area contributed by atoms with Crippen LogP contribution < -0.4 is 5.69 Å². The maximum absolute atomic E-state index is 12.1. The molecule has 0 bridgehead atoms. The molecule has 0 amide bonds. The molecule has 4 nitrogen and oxygen atoms in total. The first kappa shape index (κ1) is 13.2. The topological polar surface area (TPSA) is 50.7 Å². The van der Waals surface area contributed by atoms with E-state index in [1.54, 1.807) is 21.5 Å². The molecule has 2 rings (SSSR count). The summed E-state index contributed by atoms with van der Waals surface area (Å²) in [5, 5.41) is 9.27. The van der Waals surface area contributed by atoms with Crippen LogP contribution in [-0.2, 0) is 13.1 Å². The van der Waals surface area contributed by atoms with Gasteiger partial charge in [-0.3, -0.25) is 9.13 Å². The van der Waals surface area contributed by atoms with Gasteiger partial charge in [-0.1, -0.05) is 37.3 Å². The number of aryl methyl sites for hydroxylation is 1. The SMILES string of the molecule is CCCn1ccn(CC(C#N)c2ccccc2)c1=O. The molecule has 0 N–H and O–H groups in total. The van der Waals surface area contributed by atoms with Crippen LogP contribution in [0.2, 0.25) is 0 Å². The van der Waals surface area contributed by atoms with Crippen LogP contribution >= 0.6 is 0 Å². The number of hydrogen-bond donors (Lipinski definition) is 0. The molecule has 1 aromatic carbocycles. The lowest BCUT2D eigenvalue weighted by molar-refractivity contribution is 0.581. The van der Waals surface area contributed by atoms with E-state index in [0.29, 0.717) is 13.1 Å². The Labute approximate surface area is 112 Å². The first-order valence-corrected chi connectivity index (χ1v) is 6.46. The van der Waals surface area contributed by atoms with E-state index in [2.05, 4.69) is 6.07 Å². The molecule has 0 aliphatic heterocycles. The maximum atomic E-state index is 12.1. The minimum Gasteiger partial charge on any atom is -0.299 e. The second-order valence-electron chi connectivity index (χ2n) is 4.52. The molecule has 1 aromatic heterocycles. The van der Waals surface area contributed by atoms with Gasteiger partial charge < -0.3 is 0 Å². The lowest BCUT2D eigenvalue weighted by Crippen LogP contribution is -2.25. The van der Waals surface area contributed by atoms with Crippen molar-refractivity contribution in [2.45, 2.75) is 32.4 Å². The average molecular weight is 255 g/mol. The molecule has 1 heterocycles. The zero-order chi connectivity index (χ0) is 13.7. The lowest BCUT2D eigenvalue weighted by Gasteiger charge is -2.09. The van der Waals surface area contributed by atoms with Crippen molar-refractivity contribution in [2.24, 2.45) is 0 Å². The van der Waals surface area contributed by atoms with Crippen LogP contribution in [0.15, 0.2) is 47.5 Å². The third-order valence-corrected chi connectivity index (χ3v) is 3.12. The number of benzene rings is 1. The zero-order valence-corrected chi connectivity index (χ0v) is 11.0. The largest absolute Gasteiger partial charge is 0.328 e. The fourth-order valence-corrected chi connectivity index (χ4v) is 2.11. The molecule has 0 radical (unpaired) electrons. The van der Waals surface area contributed by atoms with E-state index in [-0.39, 0.29) is 11.6 Å². The third kappa shape index (κ3) is 2.94. The molecule has 4 heteroatoms. The Balaban J connectivity index is 2.21. The van der Waals surface area contributed by atoms with Crippen molar-refractivity contribution in [3.63, 3.8) is 0 Å². The van der Waals surface area contributed by atoms with E-state index in [1.807, 2.05) is 37.3 Å². The zero-order valence-electron chi connectivity index (χ0n) is 11.0. The molecule has 0 saturated carbocycles. The van der Waals surface area contributed by atoms with Gasteiger partial charge in [-0.15, -0.1) is 0 Å². The molecular formula is C15H17N3O. The summed E-state index contributed by atoms with van der Waals surface area (Å²) in [5.74, 6) is -0.295. The van der Waals surface area contributed by atoms with E-state index in [9.17, 15) is 10.1 Å². The van der Waals surface area contributed by atoms with E-state index in [0.717, 1.165) is 12.0 Å². The minimum atomic E-state index is -0.295. The van der Waals surface area contributed by atoms with Crippen LogP contribution in [0.3, 0.4) is 0 Å². The minimum absolute atomic E-state index is 0.0435. The molecule has 1 unspecified atom stereocenters. The highest BCUT2D eigenvalue weighted by Gasteiger charge is 2.13. The summed E-state index contributed by atoms with van der Waals surface area (Å²) in [4.78, 5) is 12.1. The van der Waals surface area contributed by atoms with Crippen molar-refractivity contribution in [2.75, 3.05) is 0 Å².